The highest BCUT2D eigenvalue weighted by Gasteiger charge is 2.41. The molecule has 0 radical (unpaired) electrons. The Bertz CT molecular complexity index is 280. The Morgan fingerprint density at radius 3 is 2.71 bits per heavy atom. The molecule has 2 aliphatic rings. The molecule has 0 aromatic carbocycles. The summed E-state index contributed by atoms with van der Waals surface area (Å²) < 4.78 is 0. The Kier molecular flexibility index (Phi) is 2.21. The zero-order valence-corrected chi connectivity index (χ0v) is 10.2. The molecule has 0 bridgehead atoms. The molecular weight excluding hydrogens is 169 g/mol. The highest BCUT2D eigenvalue weighted by Crippen LogP contribution is 2.49. The van der Waals surface area contributed by atoms with Crippen LogP contribution in [0.1, 0.15) is 40.0 Å². The molecule has 1 aliphatic carbocycles. The van der Waals surface area contributed by atoms with Gasteiger partial charge in [0.25, 0.3) is 0 Å². The molecule has 0 aromatic rings. The molecule has 0 amide bonds. The number of hydrogen-bond donors (Lipinski definition) is 0. The molecular formula is C12H22BN. The van der Waals surface area contributed by atoms with Crippen molar-refractivity contribution in [1.29, 1.82) is 0 Å². The van der Waals surface area contributed by atoms with Gasteiger partial charge in [0.15, 0.2) is 0 Å². The van der Waals surface area contributed by atoms with E-state index in [9.17, 15) is 0 Å². The molecule has 78 valence electrons. The van der Waals surface area contributed by atoms with Crippen LogP contribution in [0.3, 0.4) is 0 Å². The summed E-state index contributed by atoms with van der Waals surface area (Å²) in [6.45, 7) is 7.02. The van der Waals surface area contributed by atoms with Gasteiger partial charge in [0.1, 0.15) is 7.85 Å². The summed E-state index contributed by atoms with van der Waals surface area (Å²) in [6, 6.07) is 0.791. The van der Waals surface area contributed by atoms with Crippen LogP contribution in [-0.4, -0.2) is 25.8 Å². The maximum Gasteiger partial charge on any atom is 0.109 e. The predicted molar refractivity (Wildman–Crippen MR) is 64.2 cm³/mol. The first-order valence-electron chi connectivity index (χ1n) is 5.82. The molecule has 1 nitrogen and oxygen atoms in total. The third-order valence-corrected chi connectivity index (χ3v) is 4.51. The molecule has 3 unspecified atom stereocenters. The van der Waals surface area contributed by atoms with E-state index >= 15 is 0 Å². The summed E-state index contributed by atoms with van der Waals surface area (Å²) in [7, 11) is 4.69. The zero-order chi connectivity index (χ0) is 10.5. The first kappa shape index (κ1) is 10.1. The van der Waals surface area contributed by atoms with Gasteiger partial charge in [-0.05, 0) is 32.3 Å². The lowest BCUT2D eigenvalue weighted by molar-refractivity contribution is 0.190. The molecule has 14 heavy (non-hydrogen) atoms. The topological polar surface area (TPSA) is 3.24 Å². The third-order valence-electron chi connectivity index (χ3n) is 4.51. The maximum atomic E-state index is 2.51. The van der Waals surface area contributed by atoms with Gasteiger partial charge in [0, 0.05) is 24.7 Å². The van der Waals surface area contributed by atoms with Crippen LogP contribution in [0.2, 0.25) is 5.31 Å². The van der Waals surface area contributed by atoms with Gasteiger partial charge in [-0.25, -0.2) is 0 Å². The Morgan fingerprint density at radius 2 is 2.07 bits per heavy atom. The summed E-state index contributed by atoms with van der Waals surface area (Å²) in [5.41, 5.74) is 3.17. The van der Waals surface area contributed by atoms with Crippen molar-refractivity contribution in [3.63, 3.8) is 0 Å². The third kappa shape index (κ3) is 1.39. The van der Waals surface area contributed by atoms with Gasteiger partial charge in [-0.1, -0.05) is 18.7 Å². The Labute approximate surface area is 89.0 Å². The minimum atomic E-state index is 0.556. The summed E-state index contributed by atoms with van der Waals surface area (Å²) >= 11 is 0. The normalized spacial score (nSPS) is 43.0. The number of rotatable bonds is 0. The second kappa shape index (κ2) is 3.05. The van der Waals surface area contributed by atoms with Crippen molar-refractivity contribution in [2.75, 3.05) is 7.05 Å². The highest BCUT2D eigenvalue weighted by molar-refractivity contribution is 6.14. The van der Waals surface area contributed by atoms with E-state index in [0.29, 0.717) is 5.31 Å². The molecule has 0 N–H and O–H groups in total. The molecule has 0 aromatic heterocycles. The monoisotopic (exact) mass is 191 g/mol. The maximum absolute atomic E-state index is 2.51. The van der Waals surface area contributed by atoms with Gasteiger partial charge in [-0.3, -0.25) is 0 Å². The molecule has 0 saturated heterocycles. The Hall–Kier alpha value is -0.395. The van der Waals surface area contributed by atoms with Gasteiger partial charge in [0.2, 0.25) is 0 Å². The Balaban J connectivity index is 2.22. The van der Waals surface area contributed by atoms with Gasteiger partial charge in [-0.2, -0.15) is 0 Å². The van der Waals surface area contributed by atoms with E-state index in [2.05, 4.69) is 40.6 Å². The van der Waals surface area contributed by atoms with E-state index in [1.807, 2.05) is 0 Å². The van der Waals surface area contributed by atoms with Crippen molar-refractivity contribution in [2.24, 2.45) is 5.92 Å². The van der Waals surface area contributed by atoms with E-state index in [4.69, 9.17) is 0 Å². The van der Waals surface area contributed by atoms with Gasteiger partial charge in [0.05, 0.1) is 0 Å². The van der Waals surface area contributed by atoms with Crippen LogP contribution in [-0.2, 0) is 0 Å². The fourth-order valence-electron chi connectivity index (χ4n) is 3.26. The fraction of sp³-hybridized carbons (Fsp3) is 0.833. The highest BCUT2D eigenvalue weighted by atomic mass is 15.2. The van der Waals surface area contributed by atoms with E-state index in [1.165, 1.54) is 25.0 Å². The van der Waals surface area contributed by atoms with Crippen LogP contribution >= 0.6 is 0 Å². The van der Waals surface area contributed by atoms with Crippen molar-refractivity contribution in [3.05, 3.63) is 11.3 Å². The van der Waals surface area contributed by atoms with Gasteiger partial charge >= 0.3 is 0 Å². The van der Waals surface area contributed by atoms with Crippen molar-refractivity contribution in [3.8, 4) is 0 Å². The van der Waals surface area contributed by atoms with Crippen LogP contribution in [0.15, 0.2) is 11.3 Å². The van der Waals surface area contributed by atoms with Gasteiger partial charge < -0.3 is 4.90 Å². The Morgan fingerprint density at radius 1 is 1.43 bits per heavy atom. The molecule has 1 fully saturated rings. The predicted octanol–water partition coefficient (Wildman–Crippen LogP) is 2.21. The van der Waals surface area contributed by atoms with Crippen LogP contribution < -0.4 is 0 Å². The van der Waals surface area contributed by atoms with Gasteiger partial charge in [-0.15, -0.1) is 0 Å². The van der Waals surface area contributed by atoms with Crippen molar-refractivity contribution in [1.82, 2.24) is 4.90 Å². The number of nitrogens with zero attached hydrogens (tertiary/aromatic N) is 1. The smallest absolute Gasteiger partial charge is 0.109 e. The van der Waals surface area contributed by atoms with Crippen molar-refractivity contribution in [2.45, 2.75) is 51.4 Å². The lowest BCUT2D eigenvalue weighted by Crippen LogP contribution is -2.38. The summed E-state index contributed by atoms with van der Waals surface area (Å²) in [6.07, 6.45) is 4.15. The second-order valence-corrected chi connectivity index (χ2v) is 5.96. The number of fused-ring (bicyclic) bond motifs is 1. The molecule has 0 spiro atoms. The number of hydrogen-bond acceptors (Lipinski definition) is 1. The largest absolute Gasteiger partial charge is 0.375 e. The van der Waals surface area contributed by atoms with E-state index in [-0.39, 0.29) is 0 Å². The number of allylic oxidation sites excluding steroid dienone is 1. The van der Waals surface area contributed by atoms with Crippen LogP contribution in [0, 0.1) is 5.92 Å². The standard InChI is InChI=1S/C12H22BN/c1-8-9(2)14(4)11-7-12(3,13)6-5-10(8)11/h10-11H,5-7,13H2,1-4H3. The summed E-state index contributed by atoms with van der Waals surface area (Å²) in [5.74, 6) is 0.855. The molecule has 2 heteroatoms. The minimum absolute atomic E-state index is 0.556. The summed E-state index contributed by atoms with van der Waals surface area (Å²) in [5, 5.41) is 0.556. The van der Waals surface area contributed by atoms with E-state index in [0.717, 1.165) is 12.0 Å². The zero-order valence-electron chi connectivity index (χ0n) is 10.2. The van der Waals surface area contributed by atoms with Crippen LogP contribution in [0.25, 0.3) is 0 Å². The minimum Gasteiger partial charge on any atom is -0.375 e. The van der Waals surface area contributed by atoms with Crippen molar-refractivity contribution < 1.29 is 0 Å². The molecule has 1 heterocycles. The second-order valence-electron chi connectivity index (χ2n) is 5.96. The average molecular weight is 191 g/mol. The van der Waals surface area contributed by atoms with Crippen LogP contribution in [0.4, 0.5) is 0 Å². The lowest BCUT2D eigenvalue weighted by atomic mass is 9.58. The molecule has 2 rings (SSSR count). The lowest BCUT2D eigenvalue weighted by Gasteiger charge is -2.41. The van der Waals surface area contributed by atoms with E-state index in [1.54, 1.807) is 5.57 Å². The van der Waals surface area contributed by atoms with Crippen LogP contribution in [0.5, 0.6) is 0 Å². The van der Waals surface area contributed by atoms with Crippen molar-refractivity contribution >= 4 is 7.85 Å². The molecule has 1 aliphatic heterocycles. The fourth-order valence-corrected chi connectivity index (χ4v) is 3.26. The molecule has 1 saturated carbocycles. The van der Waals surface area contributed by atoms with E-state index < -0.39 is 0 Å². The first-order chi connectivity index (χ1) is 6.42. The first-order valence-corrected chi connectivity index (χ1v) is 5.82. The average Bonchev–Trinajstić information content (AvgIpc) is 2.30. The molecule has 3 atom stereocenters. The quantitative estimate of drug-likeness (QED) is 0.530. The SMILES string of the molecule is BC1(C)CCC2C(C)=C(C)N(C)C2C1. The summed E-state index contributed by atoms with van der Waals surface area (Å²) in [4.78, 5) is 2.51.